The van der Waals surface area contributed by atoms with E-state index in [0.717, 1.165) is 56.6 Å². The van der Waals surface area contributed by atoms with Crippen LogP contribution >= 0.6 is 24.0 Å². The van der Waals surface area contributed by atoms with Crippen LogP contribution in [0.25, 0.3) is 0 Å². The van der Waals surface area contributed by atoms with Gasteiger partial charge in [0.05, 0.1) is 6.26 Å². The Kier molecular flexibility index (Phi) is 8.57. The molecule has 0 spiro atoms. The van der Waals surface area contributed by atoms with Gasteiger partial charge in [0, 0.05) is 50.5 Å². The topological polar surface area (TPSA) is 78.6 Å². The van der Waals surface area contributed by atoms with Crippen molar-refractivity contribution in [2.75, 3.05) is 24.5 Å². The number of nitrogens with one attached hydrogen (secondary N) is 2. The van der Waals surface area contributed by atoms with Crippen molar-refractivity contribution in [2.24, 2.45) is 4.99 Å². The van der Waals surface area contributed by atoms with E-state index in [9.17, 15) is 0 Å². The summed E-state index contributed by atoms with van der Waals surface area (Å²) in [6, 6.07) is 6.77. The minimum atomic E-state index is 0. The van der Waals surface area contributed by atoms with Crippen LogP contribution in [0.15, 0.2) is 46.3 Å². The van der Waals surface area contributed by atoms with Crippen molar-refractivity contribution in [3.8, 4) is 0 Å². The number of hydrogen-bond acceptors (Lipinski definition) is 5. The van der Waals surface area contributed by atoms with Gasteiger partial charge in [0.2, 0.25) is 5.95 Å². The van der Waals surface area contributed by atoms with Crippen molar-refractivity contribution in [3.63, 3.8) is 0 Å². The maximum absolute atomic E-state index is 5.43. The van der Waals surface area contributed by atoms with Gasteiger partial charge in [-0.2, -0.15) is 0 Å². The van der Waals surface area contributed by atoms with Crippen LogP contribution in [-0.2, 0) is 6.42 Å². The van der Waals surface area contributed by atoms with Gasteiger partial charge in [0.25, 0.3) is 0 Å². The zero-order valence-electron chi connectivity index (χ0n) is 16.8. The van der Waals surface area contributed by atoms with E-state index in [4.69, 9.17) is 9.41 Å². The van der Waals surface area contributed by atoms with Crippen molar-refractivity contribution in [1.82, 2.24) is 20.6 Å². The van der Waals surface area contributed by atoms with Crippen LogP contribution in [0.4, 0.5) is 5.95 Å². The first-order chi connectivity index (χ1) is 13.9. The van der Waals surface area contributed by atoms with Gasteiger partial charge >= 0.3 is 0 Å². The van der Waals surface area contributed by atoms with Gasteiger partial charge in [0.1, 0.15) is 5.76 Å². The highest BCUT2D eigenvalue weighted by Gasteiger charge is 2.23. The van der Waals surface area contributed by atoms with E-state index >= 15 is 0 Å². The Balaban J connectivity index is 0.00000240. The first-order valence-corrected chi connectivity index (χ1v) is 10.5. The van der Waals surface area contributed by atoms with Crippen molar-refractivity contribution in [3.05, 3.63) is 42.6 Å². The minimum Gasteiger partial charge on any atom is -0.469 e. The average molecular weight is 510 g/mol. The van der Waals surface area contributed by atoms with Crippen LogP contribution < -0.4 is 15.5 Å². The standard InChI is InChI=1S/C21H30N6O.HI/c1-2-6-17(5-1)25-20(22-13-8-19-7-3-16-28-19)26-18-9-14-27(15-10-18)21-23-11-4-12-24-21;/h3-4,7,11-12,16-18H,1-2,5-6,8-10,13-15H2,(H2,22,25,26);1H. The van der Waals surface area contributed by atoms with Gasteiger partial charge in [-0.05, 0) is 43.9 Å². The molecule has 2 aliphatic rings. The lowest BCUT2D eigenvalue weighted by molar-refractivity contribution is 0.452. The van der Waals surface area contributed by atoms with E-state index in [0.29, 0.717) is 12.1 Å². The summed E-state index contributed by atoms with van der Waals surface area (Å²) in [5.74, 6) is 2.77. The molecule has 0 radical (unpaired) electrons. The fourth-order valence-corrected chi connectivity index (χ4v) is 4.00. The van der Waals surface area contributed by atoms with E-state index in [1.807, 2.05) is 30.6 Å². The molecule has 0 amide bonds. The Morgan fingerprint density at radius 3 is 2.38 bits per heavy atom. The van der Waals surface area contributed by atoms with Crippen LogP contribution in [0.5, 0.6) is 0 Å². The summed E-state index contributed by atoms with van der Waals surface area (Å²) in [7, 11) is 0. The fraction of sp³-hybridized carbons (Fsp3) is 0.571. The molecule has 0 atom stereocenters. The van der Waals surface area contributed by atoms with Crippen molar-refractivity contribution < 1.29 is 4.42 Å². The number of rotatable bonds is 6. The van der Waals surface area contributed by atoms with Crippen LogP contribution in [0.2, 0.25) is 0 Å². The van der Waals surface area contributed by atoms with Crippen molar-refractivity contribution in [1.29, 1.82) is 0 Å². The molecule has 29 heavy (non-hydrogen) atoms. The summed E-state index contributed by atoms with van der Waals surface area (Å²) in [4.78, 5) is 15.8. The predicted octanol–water partition coefficient (Wildman–Crippen LogP) is 3.38. The highest BCUT2D eigenvalue weighted by Crippen LogP contribution is 2.18. The molecule has 0 aromatic carbocycles. The average Bonchev–Trinajstić information content (AvgIpc) is 3.43. The molecule has 158 valence electrons. The van der Waals surface area contributed by atoms with E-state index in [1.54, 1.807) is 6.26 Å². The number of piperidine rings is 1. The number of aromatic nitrogens is 2. The van der Waals surface area contributed by atoms with Crippen molar-refractivity contribution >= 4 is 35.9 Å². The Bertz CT molecular complexity index is 725. The molecular formula is C21H31IN6O. The zero-order chi connectivity index (χ0) is 19.0. The number of furan rings is 1. The van der Waals surface area contributed by atoms with E-state index in [-0.39, 0.29) is 24.0 Å². The Morgan fingerprint density at radius 2 is 1.72 bits per heavy atom. The molecule has 2 fully saturated rings. The number of anilines is 1. The summed E-state index contributed by atoms with van der Waals surface area (Å²) >= 11 is 0. The molecule has 1 saturated heterocycles. The molecule has 8 heteroatoms. The van der Waals surface area contributed by atoms with Gasteiger partial charge < -0.3 is 20.0 Å². The molecule has 1 aliphatic heterocycles. The molecular weight excluding hydrogens is 479 g/mol. The third kappa shape index (κ3) is 6.58. The van der Waals surface area contributed by atoms with E-state index < -0.39 is 0 Å². The normalized spacial score (nSPS) is 18.5. The van der Waals surface area contributed by atoms with Gasteiger partial charge in [-0.25, -0.2) is 9.97 Å². The lowest BCUT2D eigenvalue weighted by Crippen LogP contribution is -2.50. The summed E-state index contributed by atoms with van der Waals surface area (Å²) in [5, 5.41) is 7.33. The van der Waals surface area contributed by atoms with Gasteiger partial charge in [-0.3, -0.25) is 4.99 Å². The first kappa shape index (κ1) is 21.9. The number of halogens is 1. The smallest absolute Gasteiger partial charge is 0.225 e. The number of nitrogens with zero attached hydrogens (tertiary/aromatic N) is 4. The second kappa shape index (κ2) is 11.4. The van der Waals surface area contributed by atoms with Gasteiger partial charge in [0.15, 0.2) is 5.96 Å². The number of guanidine groups is 1. The Morgan fingerprint density at radius 1 is 1.03 bits per heavy atom. The molecule has 0 unspecified atom stereocenters. The molecule has 7 nitrogen and oxygen atoms in total. The second-order valence-electron chi connectivity index (χ2n) is 7.64. The van der Waals surface area contributed by atoms with Gasteiger partial charge in [-0.15, -0.1) is 24.0 Å². The molecule has 2 aromatic rings. The van der Waals surface area contributed by atoms with E-state index in [2.05, 4.69) is 25.5 Å². The summed E-state index contributed by atoms with van der Waals surface area (Å²) in [6.07, 6.45) is 13.4. The van der Waals surface area contributed by atoms with Gasteiger partial charge in [-0.1, -0.05) is 12.8 Å². The van der Waals surface area contributed by atoms with Crippen LogP contribution in [0, 0.1) is 0 Å². The van der Waals surface area contributed by atoms with Crippen LogP contribution in [-0.4, -0.2) is 47.6 Å². The van der Waals surface area contributed by atoms with Crippen LogP contribution in [0.1, 0.15) is 44.3 Å². The summed E-state index contributed by atoms with van der Waals surface area (Å²) in [6.45, 7) is 2.65. The lowest BCUT2D eigenvalue weighted by atomic mass is 10.1. The third-order valence-electron chi connectivity index (χ3n) is 5.58. The molecule has 4 rings (SSSR count). The molecule has 1 aliphatic carbocycles. The largest absolute Gasteiger partial charge is 0.469 e. The SMILES string of the molecule is I.c1cnc(N2CCC(NC(=NCCc3ccco3)NC3CCCC3)CC2)nc1. The van der Waals surface area contributed by atoms with Crippen LogP contribution in [0.3, 0.4) is 0 Å². The summed E-state index contributed by atoms with van der Waals surface area (Å²) < 4.78 is 5.43. The fourth-order valence-electron chi connectivity index (χ4n) is 4.00. The molecule has 3 heterocycles. The quantitative estimate of drug-likeness (QED) is 0.353. The maximum atomic E-state index is 5.43. The lowest BCUT2D eigenvalue weighted by Gasteiger charge is -2.33. The Hall–Kier alpha value is -1.84. The molecule has 0 bridgehead atoms. The summed E-state index contributed by atoms with van der Waals surface area (Å²) in [5.41, 5.74) is 0. The Labute approximate surface area is 189 Å². The predicted molar refractivity (Wildman–Crippen MR) is 126 cm³/mol. The van der Waals surface area contributed by atoms with Crippen molar-refractivity contribution in [2.45, 2.75) is 57.0 Å². The highest BCUT2D eigenvalue weighted by molar-refractivity contribution is 14.0. The first-order valence-electron chi connectivity index (χ1n) is 10.5. The number of hydrogen-bond donors (Lipinski definition) is 2. The monoisotopic (exact) mass is 510 g/mol. The molecule has 2 N–H and O–H groups in total. The van der Waals surface area contributed by atoms with E-state index in [1.165, 1.54) is 25.7 Å². The third-order valence-corrected chi connectivity index (χ3v) is 5.58. The highest BCUT2D eigenvalue weighted by atomic mass is 127. The second-order valence-corrected chi connectivity index (χ2v) is 7.64. The molecule has 1 saturated carbocycles. The minimum absolute atomic E-state index is 0. The number of aliphatic imine (C=N–C) groups is 1. The molecule has 2 aromatic heterocycles. The maximum Gasteiger partial charge on any atom is 0.225 e. The zero-order valence-corrected chi connectivity index (χ0v) is 19.1.